The summed E-state index contributed by atoms with van der Waals surface area (Å²) in [4.78, 5) is 26.4. The van der Waals surface area contributed by atoms with E-state index in [4.69, 9.17) is 11.6 Å². The molecule has 0 radical (unpaired) electrons. The number of hydrogen-bond acceptors (Lipinski definition) is 4. The van der Waals surface area contributed by atoms with Crippen LogP contribution in [0.2, 0.25) is 5.02 Å². The standard InChI is InChI=1S/C27H19ClN4O2/c1-16-10-11-17-13-22-24(31-32(25(22)21(17)12-16)20-8-3-2-4-9-20)26(33)23(15-29)27(34)30-19-7-5-6-18(28)14-19/h2-12,14,23H,13H2,1H3,(H,30,34). The lowest BCUT2D eigenvalue weighted by Crippen LogP contribution is -2.29. The van der Waals surface area contributed by atoms with Crippen molar-refractivity contribution in [2.45, 2.75) is 13.3 Å². The number of nitrogens with one attached hydrogen (secondary N) is 1. The zero-order valence-corrected chi connectivity index (χ0v) is 19.0. The van der Waals surface area contributed by atoms with Crippen LogP contribution < -0.4 is 5.32 Å². The second kappa shape index (κ2) is 8.62. The molecule has 1 aliphatic rings. The number of carbonyl (C=O) groups excluding carboxylic acids is 2. The van der Waals surface area contributed by atoms with Crippen LogP contribution >= 0.6 is 11.6 Å². The lowest BCUT2D eigenvalue weighted by atomic mass is 9.98. The van der Waals surface area contributed by atoms with Crippen molar-refractivity contribution in [1.82, 2.24) is 9.78 Å². The van der Waals surface area contributed by atoms with Crippen LogP contribution in [0.5, 0.6) is 0 Å². The smallest absolute Gasteiger partial charge is 0.249 e. The zero-order valence-electron chi connectivity index (χ0n) is 18.2. The van der Waals surface area contributed by atoms with Crippen LogP contribution in [-0.4, -0.2) is 21.5 Å². The van der Waals surface area contributed by atoms with E-state index in [0.29, 0.717) is 17.1 Å². The van der Waals surface area contributed by atoms with E-state index in [1.165, 1.54) is 0 Å². The predicted molar refractivity (Wildman–Crippen MR) is 130 cm³/mol. The van der Waals surface area contributed by atoms with Gasteiger partial charge in [0.25, 0.3) is 0 Å². The van der Waals surface area contributed by atoms with Crippen LogP contribution in [0.4, 0.5) is 5.69 Å². The number of hydrogen-bond donors (Lipinski definition) is 1. The topological polar surface area (TPSA) is 87.8 Å². The van der Waals surface area contributed by atoms with E-state index >= 15 is 0 Å². The number of amides is 1. The predicted octanol–water partition coefficient (Wildman–Crippen LogP) is 5.37. The van der Waals surface area contributed by atoms with Gasteiger partial charge in [0.1, 0.15) is 5.69 Å². The molecule has 7 heteroatoms. The monoisotopic (exact) mass is 466 g/mol. The highest BCUT2D eigenvalue weighted by molar-refractivity contribution is 6.31. The number of nitrogens with zero attached hydrogens (tertiary/aromatic N) is 3. The first kappa shape index (κ1) is 21.6. The second-order valence-corrected chi connectivity index (χ2v) is 8.62. The first-order chi connectivity index (χ1) is 16.5. The van der Waals surface area contributed by atoms with Crippen LogP contribution in [-0.2, 0) is 11.2 Å². The van der Waals surface area contributed by atoms with E-state index in [-0.39, 0.29) is 5.69 Å². The zero-order chi connectivity index (χ0) is 23.8. The Balaban J connectivity index is 1.57. The number of halogens is 1. The van der Waals surface area contributed by atoms with Gasteiger partial charge in [0, 0.05) is 28.3 Å². The van der Waals surface area contributed by atoms with Crippen molar-refractivity contribution < 1.29 is 9.59 Å². The van der Waals surface area contributed by atoms with Crippen molar-refractivity contribution in [3.05, 3.63) is 100 Å². The molecule has 1 aliphatic carbocycles. The quantitative estimate of drug-likeness (QED) is 0.279. The number of anilines is 1. The Morgan fingerprint density at radius 2 is 1.88 bits per heavy atom. The second-order valence-electron chi connectivity index (χ2n) is 8.19. The van der Waals surface area contributed by atoms with Gasteiger partial charge in [0.2, 0.25) is 11.7 Å². The van der Waals surface area contributed by atoms with Gasteiger partial charge < -0.3 is 5.32 Å². The molecule has 1 atom stereocenters. The van der Waals surface area contributed by atoms with Gasteiger partial charge in [-0.1, -0.05) is 53.6 Å². The maximum Gasteiger partial charge on any atom is 0.249 e. The van der Waals surface area contributed by atoms with Crippen molar-refractivity contribution >= 4 is 29.0 Å². The van der Waals surface area contributed by atoms with E-state index in [0.717, 1.165) is 33.6 Å². The Kier molecular flexibility index (Phi) is 5.48. The number of nitriles is 1. The molecule has 1 unspecified atom stereocenters. The van der Waals surface area contributed by atoms with Gasteiger partial charge in [-0.3, -0.25) is 9.59 Å². The first-order valence-electron chi connectivity index (χ1n) is 10.7. The van der Waals surface area contributed by atoms with Gasteiger partial charge in [-0.2, -0.15) is 10.4 Å². The average Bonchev–Trinajstić information content (AvgIpc) is 3.37. The minimum atomic E-state index is -1.55. The highest BCUT2D eigenvalue weighted by Gasteiger charge is 2.36. The summed E-state index contributed by atoms with van der Waals surface area (Å²) in [5.74, 6) is -2.89. The van der Waals surface area contributed by atoms with Crippen LogP contribution in [0.1, 0.15) is 27.2 Å². The molecule has 1 heterocycles. The number of carbonyl (C=O) groups is 2. The van der Waals surface area contributed by atoms with Crippen molar-refractivity contribution in [3.63, 3.8) is 0 Å². The van der Waals surface area contributed by atoms with Crippen molar-refractivity contribution in [3.8, 4) is 23.0 Å². The summed E-state index contributed by atoms with van der Waals surface area (Å²) in [6.45, 7) is 2.01. The van der Waals surface area contributed by atoms with Gasteiger partial charge in [-0.15, -0.1) is 0 Å². The summed E-state index contributed by atoms with van der Waals surface area (Å²) in [6.07, 6.45) is 0.507. The summed E-state index contributed by atoms with van der Waals surface area (Å²) in [6, 6.07) is 24.1. The maximum atomic E-state index is 13.5. The fourth-order valence-corrected chi connectivity index (χ4v) is 4.45. The number of rotatable bonds is 5. The molecular formula is C27H19ClN4O2. The third-order valence-corrected chi connectivity index (χ3v) is 6.09. The van der Waals surface area contributed by atoms with Crippen molar-refractivity contribution in [2.24, 2.45) is 5.92 Å². The molecule has 1 aromatic heterocycles. The van der Waals surface area contributed by atoms with E-state index in [1.807, 2.05) is 55.5 Å². The van der Waals surface area contributed by atoms with E-state index < -0.39 is 17.6 Å². The molecule has 0 saturated carbocycles. The Morgan fingerprint density at radius 3 is 2.62 bits per heavy atom. The molecule has 0 bridgehead atoms. The normalized spacial score (nSPS) is 12.4. The highest BCUT2D eigenvalue weighted by atomic mass is 35.5. The Hall–Kier alpha value is -4.21. The Labute approximate surface area is 201 Å². The molecule has 34 heavy (non-hydrogen) atoms. The number of aryl methyl sites for hydroxylation is 1. The lowest BCUT2D eigenvalue weighted by Gasteiger charge is -2.10. The molecule has 1 N–H and O–H groups in total. The summed E-state index contributed by atoms with van der Waals surface area (Å²) in [5.41, 5.74) is 6.07. The number of aromatic nitrogens is 2. The number of Topliss-reactive ketones (excluding diaryl/α,β-unsaturated/α-hetero) is 1. The van der Waals surface area contributed by atoms with Gasteiger partial charge in [-0.05, 0) is 48.9 Å². The van der Waals surface area contributed by atoms with E-state index in [9.17, 15) is 14.9 Å². The molecular weight excluding hydrogens is 448 g/mol. The van der Waals surface area contributed by atoms with Gasteiger partial charge in [-0.25, -0.2) is 4.68 Å². The summed E-state index contributed by atoms with van der Waals surface area (Å²) in [7, 11) is 0. The van der Waals surface area contributed by atoms with Gasteiger partial charge >= 0.3 is 0 Å². The van der Waals surface area contributed by atoms with E-state index in [2.05, 4.69) is 16.5 Å². The van der Waals surface area contributed by atoms with Crippen molar-refractivity contribution in [1.29, 1.82) is 5.26 Å². The fourth-order valence-electron chi connectivity index (χ4n) is 4.26. The lowest BCUT2D eigenvalue weighted by molar-refractivity contribution is -0.117. The molecule has 0 saturated heterocycles. The number of fused-ring (bicyclic) bond motifs is 3. The van der Waals surface area contributed by atoms with Crippen LogP contribution in [0.15, 0.2) is 72.8 Å². The minimum absolute atomic E-state index is 0.139. The molecule has 1 amide bonds. The van der Waals surface area contributed by atoms with E-state index in [1.54, 1.807) is 28.9 Å². The Morgan fingerprint density at radius 1 is 1.09 bits per heavy atom. The summed E-state index contributed by atoms with van der Waals surface area (Å²) >= 11 is 5.98. The highest BCUT2D eigenvalue weighted by Crippen LogP contribution is 2.40. The van der Waals surface area contributed by atoms with Crippen LogP contribution in [0, 0.1) is 24.2 Å². The van der Waals surface area contributed by atoms with Gasteiger partial charge in [0.15, 0.2) is 5.92 Å². The number of ketones is 1. The largest absolute Gasteiger partial charge is 0.324 e. The fraction of sp³-hybridized carbons (Fsp3) is 0.111. The van der Waals surface area contributed by atoms with Crippen molar-refractivity contribution in [2.75, 3.05) is 5.32 Å². The molecule has 4 aromatic rings. The molecule has 3 aromatic carbocycles. The Bertz CT molecular complexity index is 1480. The average molecular weight is 467 g/mol. The minimum Gasteiger partial charge on any atom is -0.324 e. The molecule has 0 spiro atoms. The molecule has 6 nitrogen and oxygen atoms in total. The summed E-state index contributed by atoms with van der Waals surface area (Å²) < 4.78 is 1.73. The first-order valence-corrected chi connectivity index (χ1v) is 11.1. The number of benzene rings is 3. The van der Waals surface area contributed by atoms with Gasteiger partial charge in [0.05, 0.1) is 17.5 Å². The molecule has 0 fully saturated rings. The summed E-state index contributed by atoms with van der Waals surface area (Å²) in [5, 5.41) is 17.4. The maximum absolute atomic E-state index is 13.5. The molecule has 0 aliphatic heterocycles. The van der Waals surface area contributed by atoms with Crippen LogP contribution in [0.3, 0.4) is 0 Å². The number of para-hydroxylation sites is 1. The van der Waals surface area contributed by atoms with Crippen LogP contribution in [0.25, 0.3) is 16.9 Å². The molecule has 5 rings (SSSR count). The SMILES string of the molecule is Cc1ccc2c(c1)-c1c(c(C(=O)C(C#N)C(=O)Nc3cccc(Cl)c3)nn1-c1ccccc1)C2. The molecule has 166 valence electrons. The third-order valence-electron chi connectivity index (χ3n) is 5.85. The third kappa shape index (κ3) is 3.76.